The molecule has 1 amide bonds. The number of nitrogens with zero attached hydrogens (tertiary/aromatic N) is 1. The van der Waals surface area contributed by atoms with Gasteiger partial charge in [0.15, 0.2) is 0 Å². The van der Waals surface area contributed by atoms with E-state index in [9.17, 15) is 4.79 Å². The number of ether oxygens (including phenoxy) is 2. The second-order valence-electron chi connectivity index (χ2n) is 4.74. The molecule has 0 atom stereocenters. The molecule has 20 heavy (non-hydrogen) atoms. The van der Waals surface area contributed by atoms with Crippen LogP contribution in [-0.2, 0) is 0 Å². The summed E-state index contributed by atoms with van der Waals surface area (Å²) in [5.74, 6) is 1.39. The Labute approximate surface area is 121 Å². The molecule has 1 rings (SSSR count). The quantitative estimate of drug-likeness (QED) is 0.769. The van der Waals surface area contributed by atoms with Gasteiger partial charge in [0.2, 0.25) is 0 Å². The van der Waals surface area contributed by atoms with Gasteiger partial charge in [0.05, 0.1) is 14.2 Å². The van der Waals surface area contributed by atoms with Crippen LogP contribution >= 0.6 is 0 Å². The van der Waals surface area contributed by atoms with Gasteiger partial charge in [-0.1, -0.05) is 13.3 Å². The van der Waals surface area contributed by atoms with Crippen molar-refractivity contribution < 1.29 is 14.3 Å². The van der Waals surface area contributed by atoms with Crippen molar-refractivity contribution in [3.63, 3.8) is 0 Å². The van der Waals surface area contributed by atoms with E-state index in [2.05, 4.69) is 6.92 Å². The van der Waals surface area contributed by atoms with E-state index < -0.39 is 0 Å². The number of carbonyl (C=O) groups is 1. The fourth-order valence-electron chi connectivity index (χ4n) is 2.14. The molecule has 0 aliphatic rings. The standard InChI is InChI=1S/C16H25NO3/c1-6-8-9-17(7-2)16(18)13-10-14(19-4)12(3)15(11-13)20-5/h10-11H,6-9H2,1-5H3. The second kappa shape index (κ2) is 7.78. The van der Waals surface area contributed by atoms with Crippen LogP contribution in [0.5, 0.6) is 11.5 Å². The molecule has 1 aromatic rings. The maximum atomic E-state index is 12.5. The Morgan fingerprint density at radius 2 is 1.70 bits per heavy atom. The van der Waals surface area contributed by atoms with Crippen molar-refractivity contribution in [1.29, 1.82) is 0 Å². The van der Waals surface area contributed by atoms with Gasteiger partial charge < -0.3 is 14.4 Å². The molecule has 0 saturated carbocycles. The minimum absolute atomic E-state index is 0.0255. The molecule has 4 nitrogen and oxygen atoms in total. The van der Waals surface area contributed by atoms with E-state index in [-0.39, 0.29) is 5.91 Å². The third kappa shape index (κ3) is 3.65. The first kappa shape index (κ1) is 16.3. The van der Waals surface area contributed by atoms with Crippen LogP contribution in [0.2, 0.25) is 0 Å². The van der Waals surface area contributed by atoms with Crippen molar-refractivity contribution in [1.82, 2.24) is 4.90 Å². The number of rotatable bonds is 7. The van der Waals surface area contributed by atoms with E-state index in [1.165, 1.54) is 0 Å². The molecule has 0 spiro atoms. The Morgan fingerprint density at radius 3 is 2.10 bits per heavy atom. The van der Waals surface area contributed by atoms with Gasteiger partial charge in [-0.25, -0.2) is 0 Å². The Bertz CT molecular complexity index is 432. The Kier molecular flexibility index (Phi) is 6.36. The van der Waals surface area contributed by atoms with Crippen LogP contribution < -0.4 is 9.47 Å². The van der Waals surface area contributed by atoms with Crippen LogP contribution in [-0.4, -0.2) is 38.1 Å². The van der Waals surface area contributed by atoms with Crippen molar-refractivity contribution in [3.05, 3.63) is 23.3 Å². The second-order valence-corrected chi connectivity index (χ2v) is 4.74. The summed E-state index contributed by atoms with van der Waals surface area (Å²) in [6.45, 7) is 7.52. The van der Waals surface area contributed by atoms with Gasteiger partial charge in [0.1, 0.15) is 11.5 Å². The lowest BCUT2D eigenvalue weighted by Crippen LogP contribution is -2.31. The van der Waals surface area contributed by atoms with Crippen LogP contribution in [0.15, 0.2) is 12.1 Å². The van der Waals surface area contributed by atoms with Crippen molar-refractivity contribution >= 4 is 5.91 Å². The average Bonchev–Trinajstić information content (AvgIpc) is 2.48. The van der Waals surface area contributed by atoms with Crippen LogP contribution in [0.4, 0.5) is 0 Å². The fourth-order valence-corrected chi connectivity index (χ4v) is 2.14. The summed E-state index contributed by atoms with van der Waals surface area (Å²) in [6.07, 6.45) is 2.09. The molecular formula is C16H25NO3. The van der Waals surface area contributed by atoms with Gasteiger partial charge in [0, 0.05) is 24.2 Å². The summed E-state index contributed by atoms with van der Waals surface area (Å²) >= 11 is 0. The first-order chi connectivity index (χ1) is 9.58. The molecule has 0 aliphatic carbocycles. The Hall–Kier alpha value is -1.71. The van der Waals surface area contributed by atoms with Gasteiger partial charge in [-0.15, -0.1) is 0 Å². The van der Waals surface area contributed by atoms with E-state index in [0.717, 1.165) is 24.9 Å². The molecule has 0 aliphatic heterocycles. The number of hydrogen-bond donors (Lipinski definition) is 0. The summed E-state index contributed by atoms with van der Waals surface area (Å²) in [4.78, 5) is 14.4. The van der Waals surface area contributed by atoms with Gasteiger partial charge in [0.25, 0.3) is 5.91 Å². The molecule has 1 aromatic carbocycles. The average molecular weight is 279 g/mol. The van der Waals surface area contributed by atoms with Crippen molar-refractivity contribution in [2.24, 2.45) is 0 Å². The normalized spacial score (nSPS) is 10.2. The SMILES string of the molecule is CCCCN(CC)C(=O)c1cc(OC)c(C)c(OC)c1. The summed E-state index contributed by atoms with van der Waals surface area (Å²) < 4.78 is 10.6. The van der Waals surface area contributed by atoms with Crippen LogP contribution in [0.25, 0.3) is 0 Å². The van der Waals surface area contributed by atoms with Gasteiger partial charge >= 0.3 is 0 Å². The molecule has 0 N–H and O–H groups in total. The van der Waals surface area contributed by atoms with E-state index in [4.69, 9.17) is 9.47 Å². The Balaban J connectivity index is 3.08. The van der Waals surface area contributed by atoms with E-state index in [0.29, 0.717) is 23.6 Å². The number of amides is 1. The Morgan fingerprint density at radius 1 is 1.15 bits per heavy atom. The minimum Gasteiger partial charge on any atom is -0.496 e. The first-order valence-electron chi connectivity index (χ1n) is 7.10. The summed E-state index contributed by atoms with van der Waals surface area (Å²) in [5, 5.41) is 0. The predicted molar refractivity (Wildman–Crippen MR) is 80.8 cm³/mol. The summed E-state index contributed by atoms with van der Waals surface area (Å²) in [6, 6.07) is 3.57. The first-order valence-corrected chi connectivity index (χ1v) is 7.10. The topological polar surface area (TPSA) is 38.8 Å². The highest BCUT2D eigenvalue weighted by Gasteiger charge is 2.17. The molecule has 112 valence electrons. The number of unbranched alkanes of at least 4 members (excludes halogenated alkanes) is 1. The number of carbonyl (C=O) groups excluding carboxylic acids is 1. The van der Waals surface area contributed by atoms with Crippen LogP contribution in [0, 0.1) is 6.92 Å². The molecule has 4 heteroatoms. The molecule has 0 unspecified atom stereocenters. The molecule has 0 bridgehead atoms. The molecule has 0 heterocycles. The van der Waals surface area contributed by atoms with Crippen molar-refractivity contribution in [2.75, 3.05) is 27.3 Å². The van der Waals surface area contributed by atoms with Gasteiger partial charge in [-0.3, -0.25) is 4.79 Å². The van der Waals surface area contributed by atoms with E-state index in [1.807, 2.05) is 18.7 Å². The number of benzene rings is 1. The molecule has 0 radical (unpaired) electrons. The highest BCUT2D eigenvalue weighted by molar-refractivity contribution is 5.95. The highest BCUT2D eigenvalue weighted by Crippen LogP contribution is 2.30. The predicted octanol–water partition coefficient (Wildman–Crippen LogP) is 3.27. The summed E-state index contributed by atoms with van der Waals surface area (Å²) in [7, 11) is 3.20. The third-order valence-corrected chi connectivity index (χ3v) is 3.45. The number of methoxy groups -OCH3 is 2. The smallest absolute Gasteiger partial charge is 0.254 e. The maximum Gasteiger partial charge on any atom is 0.254 e. The van der Waals surface area contributed by atoms with E-state index in [1.54, 1.807) is 26.4 Å². The molecule has 0 aromatic heterocycles. The minimum atomic E-state index is 0.0255. The molecule has 0 fully saturated rings. The molecular weight excluding hydrogens is 254 g/mol. The van der Waals surface area contributed by atoms with Gasteiger partial charge in [-0.05, 0) is 32.4 Å². The molecule has 0 saturated heterocycles. The van der Waals surface area contributed by atoms with Crippen molar-refractivity contribution in [2.45, 2.75) is 33.6 Å². The largest absolute Gasteiger partial charge is 0.496 e. The lowest BCUT2D eigenvalue weighted by atomic mass is 10.1. The van der Waals surface area contributed by atoms with Crippen LogP contribution in [0.3, 0.4) is 0 Å². The summed E-state index contributed by atoms with van der Waals surface area (Å²) in [5.41, 5.74) is 1.52. The van der Waals surface area contributed by atoms with Gasteiger partial charge in [-0.2, -0.15) is 0 Å². The van der Waals surface area contributed by atoms with E-state index >= 15 is 0 Å². The van der Waals surface area contributed by atoms with Crippen LogP contribution in [0.1, 0.15) is 42.6 Å². The lowest BCUT2D eigenvalue weighted by molar-refractivity contribution is 0.0761. The zero-order chi connectivity index (χ0) is 15.1. The highest BCUT2D eigenvalue weighted by atomic mass is 16.5. The maximum absolute atomic E-state index is 12.5. The number of hydrogen-bond acceptors (Lipinski definition) is 3. The zero-order valence-corrected chi connectivity index (χ0v) is 13.2. The van der Waals surface area contributed by atoms with Crippen molar-refractivity contribution in [3.8, 4) is 11.5 Å². The fraction of sp³-hybridized carbons (Fsp3) is 0.562. The third-order valence-electron chi connectivity index (χ3n) is 3.45. The lowest BCUT2D eigenvalue weighted by Gasteiger charge is -2.21. The zero-order valence-electron chi connectivity index (χ0n) is 13.2. The monoisotopic (exact) mass is 279 g/mol.